The fraction of sp³-hybridized carbons (Fsp3) is 0.214. The number of halogens is 2. The number of thiophene rings is 1. The zero-order chi connectivity index (χ0) is 25.7. The number of fused-ring (bicyclic) bond motifs is 1. The average molecular weight is 633 g/mol. The highest BCUT2D eigenvalue weighted by molar-refractivity contribution is 7.99. The molecule has 1 saturated heterocycles. The van der Waals surface area contributed by atoms with E-state index in [-0.39, 0.29) is 24.8 Å². The van der Waals surface area contributed by atoms with Crippen molar-refractivity contribution in [2.75, 3.05) is 25.0 Å². The van der Waals surface area contributed by atoms with Crippen LogP contribution in [0.1, 0.15) is 24.5 Å². The number of anilines is 2. The number of ether oxygens (including phenoxy) is 1. The maximum absolute atomic E-state index is 10.8. The van der Waals surface area contributed by atoms with Crippen LogP contribution in [0.15, 0.2) is 81.5 Å². The van der Waals surface area contributed by atoms with Crippen LogP contribution >= 0.6 is 59.2 Å². The summed E-state index contributed by atoms with van der Waals surface area (Å²) >= 11 is 4.91. The molecule has 40 heavy (non-hydrogen) atoms. The van der Waals surface area contributed by atoms with Gasteiger partial charge in [-0.3, -0.25) is 9.88 Å². The Labute approximate surface area is 257 Å². The van der Waals surface area contributed by atoms with Crippen molar-refractivity contribution in [2.45, 2.75) is 28.6 Å². The van der Waals surface area contributed by atoms with Crippen molar-refractivity contribution in [3.05, 3.63) is 77.4 Å². The highest BCUT2D eigenvalue weighted by atomic mass is 35.5. The molecule has 0 radical (unpaired) electrons. The van der Waals surface area contributed by atoms with E-state index in [0.29, 0.717) is 24.0 Å². The molecular formula is C28H27Cl2N5O2S3. The normalized spacial score (nSPS) is 13.8. The second-order valence-electron chi connectivity index (χ2n) is 8.92. The van der Waals surface area contributed by atoms with E-state index < -0.39 is 0 Å². The number of para-hydroxylation sites is 1. The zero-order valence-electron chi connectivity index (χ0n) is 21.3. The van der Waals surface area contributed by atoms with E-state index in [4.69, 9.17) is 14.7 Å². The molecule has 1 aliphatic rings. The fourth-order valence-corrected chi connectivity index (χ4v) is 7.15. The Balaban J connectivity index is 0.00000185. The van der Waals surface area contributed by atoms with Gasteiger partial charge in [-0.2, -0.15) is 0 Å². The van der Waals surface area contributed by atoms with Crippen molar-refractivity contribution in [1.29, 1.82) is 0 Å². The summed E-state index contributed by atoms with van der Waals surface area (Å²) in [4.78, 5) is 29.2. The summed E-state index contributed by atoms with van der Waals surface area (Å²) in [7, 11) is 0. The second kappa shape index (κ2) is 14.2. The molecule has 0 unspecified atom stereocenters. The lowest BCUT2D eigenvalue weighted by Crippen LogP contribution is -2.34. The number of piperidine rings is 1. The number of nitrogens with one attached hydrogen (secondary N) is 1. The van der Waals surface area contributed by atoms with Gasteiger partial charge in [0.1, 0.15) is 12.0 Å². The van der Waals surface area contributed by atoms with E-state index in [9.17, 15) is 4.79 Å². The Morgan fingerprint density at radius 3 is 2.70 bits per heavy atom. The molecule has 4 aromatic heterocycles. The van der Waals surface area contributed by atoms with Crippen LogP contribution in [0.4, 0.5) is 10.9 Å². The predicted octanol–water partition coefficient (Wildman–Crippen LogP) is 8.06. The summed E-state index contributed by atoms with van der Waals surface area (Å²) in [6.07, 6.45) is 6.71. The Morgan fingerprint density at radius 2 is 1.90 bits per heavy atom. The van der Waals surface area contributed by atoms with E-state index in [2.05, 4.69) is 26.0 Å². The molecule has 0 aliphatic carbocycles. The first-order valence-electron chi connectivity index (χ1n) is 12.4. The van der Waals surface area contributed by atoms with Crippen LogP contribution in [0, 0.1) is 0 Å². The van der Waals surface area contributed by atoms with E-state index in [1.807, 2.05) is 60.9 Å². The van der Waals surface area contributed by atoms with Crippen LogP contribution in [0.25, 0.3) is 10.2 Å². The Morgan fingerprint density at radius 1 is 1.07 bits per heavy atom. The Hall–Kier alpha value is -2.73. The van der Waals surface area contributed by atoms with E-state index in [0.717, 1.165) is 68.8 Å². The molecule has 0 amide bonds. The molecule has 1 aliphatic heterocycles. The number of pyridine rings is 2. The van der Waals surface area contributed by atoms with Gasteiger partial charge in [-0.25, -0.2) is 9.97 Å². The quantitative estimate of drug-likeness (QED) is 0.164. The SMILES string of the molecule is Cl.Cl.O=CCN1CCC(c2csc(Nc3ncc(Sc4ccnc5ccsc45)cc3Oc3ccccc3)n2)CC1. The maximum Gasteiger partial charge on any atom is 0.188 e. The molecule has 0 saturated carbocycles. The molecule has 0 bridgehead atoms. The minimum absolute atomic E-state index is 0. The number of carbonyl (C=O) groups is 1. The minimum atomic E-state index is 0. The van der Waals surface area contributed by atoms with Crippen molar-refractivity contribution in [3.8, 4) is 11.5 Å². The molecule has 0 spiro atoms. The van der Waals surface area contributed by atoms with E-state index in [1.165, 1.54) is 0 Å². The van der Waals surface area contributed by atoms with Crippen molar-refractivity contribution in [3.63, 3.8) is 0 Å². The number of aldehydes is 1. The van der Waals surface area contributed by atoms with Gasteiger partial charge < -0.3 is 14.8 Å². The predicted molar refractivity (Wildman–Crippen MR) is 169 cm³/mol. The van der Waals surface area contributed by atoms with Crippen molar-refractivity contribution in [1.82, 2.24) is 19.9 Å². The van der Waals surface area contributed by atoms with Crippen molar-refractivity contribution in [2.24, 2.45) is 0 Å². The Bertz CT molecular complexity index is 1540. The summed E-state index contributed by atoms with van der Waals surface area (Å²) in [5.74, 6) is 2.41. The lowest BCUT2D eigenvalue weighted by atomic mass is 9.94. The van der Waals surface area contributed by atoms with Crippen LogP contribution in [0.3, 0.4) is 0 Å². The van der Waals surface area contributed by atoms with Crippen LogP contribution in [0.2, 0.25) is 0 Å². The van der Waals surface area contributed by atoms with Gasteiger partial charge >= 0.3 is 0 Å². The van der Waals surface area contributed by atoms with Gasteiger partial charge in [0.05, 0.1) is 22.5 Å². The first-order chi connectivity index (χ1) is 18.7. The van der Waals surface area contributed by atoms with Crippen molar-refractivity contribution < 1.29 is 9.53 Å². The smallest absolute Gasteiger partial charge is 0.188 e. The lowest BCUT2D eigenvalue weighted by Gasteiger charge is -2.29. The number of aromatic nitrogens is 3. The number of nitrogens with zero attached hydrogens (tertiary/aromatic N) is 4. The summed E-state index contributed by atoms with van der Waals surface area (Å²) in [5.41, 5.74) is 2.10. The topological polar surface area (TPSA) is 80.2 Å². The van der Waals surface area contributed by atoms with Gasteiger partial charge in [0, 0.05) is 39.5 Å². The number of hydrogen-bond donors (Lipinski definition) is 1. The molecule has 208 valence electrons. The molecule has 5 aromatic rings. The average Bonchev–Trinajstić information content (AvgIpc) is 3.62. The molecule has 7 nitrogen and oxygen atoms in total. The number of carbonyl (C=O) groups excluding carboxylic acids is 1. The molecule has 1 aromatic carbocycles. The molecule has 12 heteroatoms. The largest absolute Gasteiger partial charge is 0.453 e. The van der Waals surface area contributed by atoms with Crippen LogP contribution < -0.4 is 10.1 Å². The monoisotopic (exact) mass is 631 g/mol. The van der Waals surface area contributed by atoms with E-state index >= 15 is 0 Å². The molecule has 6 rings (SSSR count). The summed E-state index contributed by atoms with van der Waals surface area (Å²) in [5, 5.41) is 8.37. The van der Waals surface area contributed by atoms with Crippen molar-refractivity contribution >= 4 is 86.7 Å². The molecule has 5 heterocycles. The third kappa shape index (κ3) is 7.12. The summed E-state index contributed by atoms with van der Waals surface area (Å²) < 4.78 is 7.45. The third-order valence-electron chi connectivity index (χ3n) is 6.42. The standard InChI is InChI=1S/C28H25N5O2S3.2ClH/c34-14-13-33-11-7-19(8-12-33)23-18-37-28(31-23)32-27-24(35-20-4-2-1-3-5-20)16-21(17-30-27)38-25-6-10-29-22-9-15-36-26(22)25;;/h1-6,9-10,14-19H,7-8,11-13H2,(H,30,31,32);2*1H. The number of likely N-dealkylation sites (tertiary alicyclic amines) is 1. The van der Waals surface area contributed by atoms with Gasteiger partial charge in [-0.1, -0.05) is 30.0 Å². The molecular weight excluding hydrogens is 605 g/mol. The first kappa shape index (κ1) is 30.2. The lowest BCUT2D eigenvalue weighted by molar-refractivity contribution is -0.109. The fourth-order valence-electron chi connectivity index (χ4n) is 4.48. The highest BCUT2D eigenvalue weighted by Gasteiger charge is 2.23. The van der Waals surface area contributed by atoms with Gasteiger partial charge in [-0.05, 0) is 55.6 Å². The van der Waals surface area contributed by atoms with Gasteiger partial charge in [-0.15, -0.1) is 47.5 Å². The van der Waals surface area contributed by atoms with Crippen LogP contribution in [-0.2, 0) is 4.79 Å². The molecule has 1 N–H and O–H groups in total. The number of thiazole rings is 1. The van der Waals surface area contributed by atoms with Crippen LogP contribution in [0.5, 0.6) is 11.5 Å². The molecule has 0 atom stereocenters. The summed E-state index contributed by atoms with van der Waals surface area (Å²) in [6.45, 7) is 2.36. The third-order valence-corrected chi connectivity index (χ3v) is 9.28. The number of rotatable bonds is 9. The van der Waals surface area contributed by atoms with Gasteiger partial charge in [0.15, 0.2) is 16.7 Å². The van der Waals surface area contributed by atoms with Crippen LogP contribution in [-0.4, -0.2) is 45.8 Å². The van der Waals surface area contributed by atoms with E-state index in [1.54, 1.807) is 34.4 Å². The number of hydrogen-bond acceptors (Lipinski definition) is 10. The summed E-state index contributed by atoms with van der Waals surface area (Å²) in [6, 6.07) is 15.8. The highest BCUT2D eigenvalue weighted by Crippen LogP contribution is 2.40. The number of benzene rings is 1. The van der Waals surface area contributed by atoms with Gasteiger partial charge in [0.25, 0.3) is 0 Å². The zero-order valence-corrected chi connectivity index (χ0v) is 25.3. The second-order valence-corrected chi connectivity index (χ2v) is 11.8. The molecule has 1 fully saturated rings. The Kier molecular flexibility index (Phi) is 10.8. The maximum atomic E-state index is 10.8. The minimum Gasteiger partial charge on any atom is -0.453 e. The first-order valence-corrected chi connectivity index (χ1v) is 14.9. The van der Waals surface area contributed by atoms with Gasteiger partial charge in [0.2, 0.25) is 0 Å².